The number of likely N-dealkylation sites (tertiary alicyclic amines) is 2. The number of halogens is 1. The van der Waals surface area contributed by atoms with E-state index in [9.17, 15) is 4.79 Å². The highest BCUT2D eigenvalue weighted by atomic mass is 35.5. The van der Waals surface area contributed by atoms with Gasteiger partial charge in [0, 0.05) is 55.9 Å². The number of rotatable bonds is 7. The van der Waals surface area contributed by atoms with Gasteiger partial charge in [0.25, 0.3) is 0 Å². The van der Waals surface area contributed by atoms with Crippen LogP contribution >= 0.6 is 11.6 Å². The topological polar surface area (TPSA) is 71.7 Å². The van der Waals surface area contributed by atoms with Crippen LogP contribution in [0, 0.1) is 17.8 Å². The molecule has 35 heavy (non-hydrogen) atoms. The Balaban J connectivity index is 1.14. The highest BCUT2D eigenvalue weighted by Crippen LogP contribution is 2.61. The predicted molar refractivity (Wildman–Crippen MR) is 139 cm³/mol. The molecule has 3 heterocycles. The molecule has 1 aromatic carbocycles. The maximum atomic E-state index is 13.4. The van der Waals surface area contributed by atoms with Gasteiger partial charge in [-0.25, -0.2) is 4.98 Å². The molecule has 2 atom stereocenters. The molecule has 1 aromatic heterocycles. The molecule has 0 bridgehead atoms. The molecule has 3 aliphatic rings. The molecule has 1 amide bonds. The van der Waals surface area contributed by atoms with E-state index in [1.807, 2.05) is 24.3 Å². The monoisotopic (exact) mass is 496 g/mol. The molecule has 5 rings (SSSR count). The highest BCUT2D eigenvalue weighted by molar-refractivity contribution is 6.30. The Hall–Kier alpha value is -2.15. The smallest absolute Gasteiger partial charge is 0.225 e. The van der Waals surface area contributed by atoms with Crippen molar-refractivity contribution in [3.63, 3.8) is 0 Å². The predicted octanol–water partition coefficient (Wildman–Crippen LogP) is 4.37. The lowest BCUT2D eigenvalue weighted by Crippen LogP contribution is -2.46. The van der Waals surface area contributed by atoms with Crippen LogP contribution in [0.1, 0.15) is 43.2 Å². The fourth-order valence-electron chi connectivity index (χ4n) is 6.67. The minimum Gasteiger partial charge on any atom is -0.384 e. The first-order chi connectivity index (χ1) is 17.0. The van der Waals surface area contributed by atoms with Crippen molar-refractivity contribution < 1.29 is 9.53 Å². The van der Waals surface area contributed by atoms with Crippen LogP contribution in [0.15, 0.2) is 42.6 Å². The second-order valence-corrected chi connectivity index (χ2v) is 11.1. The van der Waals surface area contributed by atoms with Gasteiger partial charge in [0.2, 0.25) is 5.91 Å². The van der Waals surface area contributed by atoms with E-state index in [1.54, 1.807) is 13.3 Å². The van der Waals surface area contributed by atoms with Crippen LogP contribution in [0.25, 0.3) is 0 Å². The van der Waals surface area contributed by atoms with E-state index >= 15 is 0 Å². The van der Waals surface area contributed by atoms with Crippen LogP contribution in [-0.4, -0.2) is 60.6 Å². The van der Waals surface area contributed by atoms with Gasteiger partial charge in [0.1, 0.15) is 5.82 Å². The largest absolute Gasteiger partial charge is 0.384 e. The van der Waals surface area contributed by atoms with Crippen molar-refractivity contribution in [1.82, 2.24) is 14.8 Å². The second-order valence-electron chi connectivity index (χ2n) is 10.6. The zero-order valence-electron chi connectivity index (χ0n) is 20.7. The minimum absolute atomic E-state index is 0.151. The van der Waals surface area contributed by atoms with Gasteiger partial charge in [-0.1, -0.05) is 23.7 Å². The van der Waals surface area contributed by atoms with E-state index in [4.69, 9.17) is 22.1 Å². The van der Waals surface area contributed by atoms with Crippen molar-refractivity contribution in [2.75, 3.05) is 45.6 Å². The lowest BCUT2D eigenvalue weighted by Gasteiger charge is -2.40. The number of pyridine rings is 1. The van der Waals surface area contributed by atoms with Gasteiger partial charge in [0.05, 0.1) is 0 Å². The Morgan fingerprint density at radius 1 is 1.11 bits per heavy atom. The van der Waals surface area contributed by atoms with Crippen LogP contribution in [-0.2, 0) is 21.5 Å². The van der Waals surface area contributed by atoms with Gasteiger partial charge in [-0.05, 0) is 92.4 Å². The van der Waals surface area contributed by atoms with Crippen molar-refractivity contribution in [2.24, 2.45) is 17.8 Å². The Labute approximate surface area is 213 Å². The summed E-state index contributed by atoms with van der Waals surface area (Å²) in [6.45, 7) is 5.31. The summed E-state index contributed by atoms with van der Waals surface area (Å²) in [5.74, 6) is 2.22. The Bertz CT molecular complexity index is 1020. The normalized spacial score (nSPS) is 26.1. The number of hydrogen-bond donors (Lipinski definition) is 1. The third-order valence-electron chi connectivity index (χ3n) is 8.63. The summed E-state index contributed by atoms with van der Waals surface area (Å²) in [4.78, 5) is 22.0. The number of methoxy groups -OCH3 is 1. The maximum Gasteiger partial charge on any atom is 0.225 e. The SMILES string of the molecule is COC[C@H]1C[C@@]1(c1ccc(Cl)cc1)C1CCN(C(=O)C2CCN(Cc3ccnc(N)c3)CC2)CC1. The lowest BCUT2D eigenvalue weighted by molar-refractivity contribution is -0.138. The molecule has 1 aliphatic carbocycles. The molecule has 2 N–H and O–H groups in total. The van der Waals surface area contributed by atoms with Gasteiger partial charge >= 0.3 is 0 Å². The standard InChI is InChI=1S/C28H37ClN4O2/c1-35-19-24-17-28(24,22-2-4-25(29)5-3-22)23-9-14-33(15-10-23)27(34)21-7-12-32(13-8-21)18-20-6-11-31-26(30)16-20/h2-6,11,16,21,23-24H,7-10,12-15,17-19H2,1H3,(H2,30,31)/t24-,28-/m1/s1. The van der Waals surface area contributed by atoms with E-state index in [-0.39, 0.29) is 11.3 Å². The van der Waals surface area contributed by atoms with Gasteiger partial charge in [-0.3, -0.25) is 9.69 Å². The molecule has 3 fully saturated rings. The number of nitrogens with zero attached hydrogens (tertiary/aromatic N) is 3. The van der Waals surface area contributed by atoms with E-state index in [0.29, 0.717) is 23.6 Å². The number of nitrogen functional groups attached to an aromatic ring is 1. The summed E-state index contributed by atoms with van der Waals surface area (Å²) in [5.41, 5.74) is 8.57. The zero-order chi connectivity index (χ0) is 24.4. The molecular weight excluding hydrogens is 460 g/mol. The number of carbonyl (C=O) groups excluding carboxylic acids is 1. The molecule has 0 radical (unpaired) electrons. The number of aromatic nitrogens is 1. The molecule has 6 nitrogen and oxygen atoms in total. The number of anilines is 1. The number of hydrogen-bond acceptors (Lipinski definition) is 5. The van der Waals surface area contributed by atoms with Gasteiger partial charge < -0.3 is 15.4 Å². The summed E-state index contributed by atoms with van der Waals surface area (Å²) >= 11 is 6.17. The summed E-state index contributed by atoms with van der Waals surface area (Å²) in [6.07, 6.45) is 6.94. The molecule has 0 unspecified atom stereocenters. The number of carbonyl (C=O) groups is 1. The van der Waals surface area contributed by atoms with Crippen LogP contribution in [0.3, 0.4) is 0 Å². The molecule has 0 spiro atoms. The Morgan fingerprint density at radius 3 is 2.49 bits per heavy atom. The van der Waals surface area contributed by atoms with Crippen molar-refractivity contribution in [3.8, 4) is 0 Å². The Morgan fingerprint density at radius 2 is 1.83 bits per heavy atom. The zero-order valence-corrected chi connectivity index (χ0v) is 21.4. The van der Waals surface area contributed by atoms with Crippen molar-refractivity contribution in [1.29, 1.82) is 0 Å². The van der Waals surface area contributed by atoms with E-state index in [1.165, 1.54) is 17.5 Å². The average Bonchev–Trinajstić information content (AvgIpc) is 3.60. The summed E-state index contributed by atoms with van der Waals surface area (Å²) in [7, 11) is 1.80. The summed E-state index contributed by atoms with van der Waals surface area (Å²) in [5, 5.41) is 0.782. The number of nitrogens with two attached hydrogens (primary N) is 1. The Kier molecular flexibility index (Phi) is 7.33. The lowest BCUT2D eigenvalue weighted by atomic mass is 9.75. The quantitative estimate of drug-likeness (QED) is 0.616. The summed E-state index contributed by atoms with van der Waals surface area (Å²) in [6, 6.07) is 12.4. The molecule has 2 aromatic rings. The number of benzene rings is 1. The molecule has 188 valence electrons. The minimum atomic E-state index is 0.151. The highest BCUT2D eigenvalue weighted by Gasteiger charge is 2.59. The van der Waals surface area contributed by atoms with Gasteiger partial charge in [-0.2, -0.15) is 0 Å². The number of piperidine rings is 2. The first kappa shape index (κ1) is 24.5. The van der Waals surface area contributed by atoms with Gasteiger partial charge in [0.15, 0.2) is 0 Å². The van der Waals surface area contributed by atoms with E-state index in [2.05, 4.69) is 26.9 Å². The fourth-order valence-corrected chi connectivity index (χ4v) is 6.80. The molecule has 7 heteroatoms. The van der Waals surface area contributed by atoms with Crippen LogP contribution in [0.5, 0.6) is 0 Å². The van der Waals surface area contributed by atoms with Crippen molar-refractivity contribution >= 4 is 23.3 Å². The number of ether oxygens (including phenoxy) is 1. The third kappa shape index (κ3) is 5.20. The second kappa shape index (κ2) is 10.5. The third-order valence-corrected chi connectivity index (χ3v) is 8.88. The van der Waals surface area contributed by atoms with Gasteiger partial charge in [-0.15, -0.1) is 0 Å². The molecule has 2 aliphatic heterocycles. The van der Waals surface area contributed by atoms with Crippen LogP contribution in [0.2, 0.25) is 5.02 Å². The first-order valence-electron chi connectivity index (χ1n) is 13.0. The molecule has 1 saturated carbocycles. The van der Waals surface area contributed by atoms with E-state index in [0.717, 1.165) is 70.0 Å². The first-order valence-corrected chi connectivity index (χ1v) is 13.3. The van der Waals surface area contributed by atoms with Crippen LogP contribution < -0.4 is 5.73 Å². The molecule has 2 saturated heterocycles. The summed E-state index contributed by atoms with van der Waals surface area (Å²) < 4.78 is 5.54. The van der Waals surface area contributed by atoms with E-state index < -0.39 is 0 Å². The molecular formula is C28H37ClN4O2. The van der Waals surface area contributed by atoms with Crippen LogP contribution in [0.4, 0.5) is 5.82 Å². The van der Waals surface area contributed by atoms with Crippen molar-refractivity contribution in [2.45, 2.75) is 44.1 Å². The number of amides is 1. The fraction of sp³-hybridized carbons (Fsp3) is 0.571. The average molecular weight is 497 g/mol. The van der Waals surface area contributed by atoms with Crippen molar-refractivity contribution in [3.05, 3.63) is 58.7 Å². The maximum absolute atomic E-state index is 13.4.